The zero-order valence-corrected chi connectivity index (χ0v) is 24.8. The molecule has 2 bridgehead atoms. The molecule has 7 rings (SSSR count). The number of nitrogens with one attached hydrogen (secondary N) is 3. The number of amides is 1. The molecule has 0 saturated carbocycles. The van der Waals surface area contributed by atoms with Crippen LogP contribution in [0, 0.1) is 11.3 Å². The Balaban J connectivity index is 1.26. The van der Waals surface area contributed by atoms with Gasteiger partial charge in [0.05, 0.1) is 0 Å². The molecule has 46 heavy (non-hydrogen) atoms. The van der Waals surface area contributed by atoms with E-state index in [2.05, 4.69) is 30.9 Å². The van der Waals surface area contributed by atoms with Gasteiger partial charge in [0.15, 0.2) is 0 Å². The number of nitrogens with two attached hydrogens (primary N) is 1. The Morgan fingerprint density at radius 3 is 2.74 bits per heavy atom. The molecular formula is C21H24N10O13P2. The molecule has 4 aliphatic heterocycles. The standard InChI is InChI=1S/C21H24N10O13P2/c22-1-7-10-16(25-4-24-7)30(5-26-10)19-13(33)14-9(42-19)3-40-46(37,38)44-15-12(32)8(2-39-45(35,36)43-14)41-20(15)31-6-27-11-17(31)28-21(23)29-18(11)34/h2,4-5,11-12,17,21,27-28,32-33,35-38,45-46H,3,6,23H2,(H,29,34)/b8-2+/t11-,12-,17?,21?/m1/s1. The van der Waals surface area contributed by atoms with Crippen molar-refractivity contribution in [1.29, 1.82) is 5.26 Å². The van der Waals surface area contributed by atoms with Gasteiger partial charge in [0.1, 0.15) is 0 Å². The monoisotopic (exact) mass is 686 g/mol. The molecule has 7 heterocycles. The van der Waals surface area contributed by atoms with Crippen molar-refractivity contribution in [2.75, 3.05) is 6.67 Å². The number of nitrogens with zero attached hydrogens (tertiary/aromatic N) is 6. The summed E-state index contributed by atoms with van der Waals surface area (Å²) in [6, 6.07) is 0.994. The number of aromatic hydroxyl groups is 1. The van der Waals surface area contributed by atoms with Crippen LogP contribution in [0.5, 0.6) is 11.5 Å². The number of rotatable bonds is 2. The molecule has 3 aromatic heterocycles. The van der Waals surface area contributed by atoms with E-state index in [0.717, 1.165) is 17.2 Å². The van der Waals surface area contributed by atoms with Crippen LogP contribution in [0.1, 0.15) is 11.5 Å². The van der Waals surface area contributed by atoms with Crippen LogP contribution in [0.15, 0.2) is 40.7 Å². The average Bonchev–Trinajstić information content (AvgIpc) is 3.76. The number of nitriles is 1. The van der Waals surface area contributed by atoms with Gasteiger partial charge >= 0.3 is 256 Å². The van der Waals surface area contributed by atoms with Gasteiger partial charge in [-0.1, -0.05) is 0 Å². The molecule has 1 amide bonds. The summed E-state index contributed by atoms with van der Waals surface area (Å²) in [4.78, 5) is 68.6. The van der Waals surface area contributed by atoms with Crippen LogP contribution in [0.25, 0.3) is 17.0 Å². The number of fused-ring (bicyclic) bond motifs is 5. The second-order valence-corrected chi connectivity index (χ2v) is 13.1. The van der Waals surface area contributed by atoms with E-state index in [4.69, 9.17) is 33.0 Å². The van der Waals surface area contributed by atoms with Gasteiger partial charge in [-0.15, -0.1) is 0 Å². The fourth-order valence-electron chi connectivity index (χ4n) is 5.02. The zero-order valence-electron chi connectivity index (χ0n) is 22.8. The molecule has 25 heteroatoms. The summed E-state index contributed by atoms with van der Waals surface area (Å²) < 4.78 is 33.2. The average molecular weight is 686 g/mol. The van der Waals surface area contributed by atoms with E-state index in [1.807, 2.05) is 6.07 Å². The van der Waals surface area contributed by atoms with Crippen molar-refractivity contribution >= 4 is 33.4 Å². The van der Waals surface area contributed by atoms with Crippen LogP contribution in [0.3, 0.4) is 0 Å². The van der Waals surface area contributed by atoms with Crippen molar-refractivity contribution in [2.24, 2.45) is 5.73 Å². The topological polar surface area (TPSA) is 330 Å². The number of carbonyl (C=O) groups excluding carboxylic acids is 1. The van der Waals surface area contributed by atoms with Gasteiger partial charge in [0, 0.05) is 0 Å². The molecule has 23 nitrogen and oxygen atoms in total. The molecule has 0 aromatic carbocycles. The Morgan fingerprint density at radius 1 is 1.15 bits per heavy atom. The predicted molar refractivity (Wildman–Crippen MR) is 147 cm³/mol. The van der Waals surface area contributed by atoms with E-state index in [0.29, 0.717) is 6.26 Å². The summed E-state index contributed by atoms with van der Waals surface area (Å²) in [5.74, 6) is -4.48. The molecule has 2 fully saturated rings. The third-order valence-corrected chi connectivity index (χ3v) is 8.92. The number of carbonyl (C=O) groups is 1. The molecule has 4 atom stereocenters. The summed E-state index contributed by atoms with van der Waals surface area (Å²) in [6.45, 7) is -1.01. The third-order valence-electron chi connectivity index (χ3n) is 7.01. The first kappa shape index (κ1) is 30.2. The minimum absolute atomic E-state index is 0.00425. The first-order chi connectivity index (χ1) is 21.9. The van der Waals surface area contributed by atoms with Crippen molar-refractivity contribution in [1.82, 2.24) is 40.4 Å². The number of hydrogen-bond donors (Lipinski definition) is 10. The van der Waals surface area contributed by atoms with E-state index in [-0.39, 0.29) is 29.4 Å². The number of furan rings is 1. The molecule has 2 saturated heterocycles. The summed E-state index contributed by atoms with van der Waals surface area (Å²) in [5, 5.41) is 39.6. The van der Waals surface area contributed by atoms with Crippen molar-refractivity contribution in [3.8, 4) is 23.5 Å². The van der Waals surface area contributed by atoms with Gasteiger partial charge in [0.25, 0.3) is 0 Å². The number of imidazole rings is 1. The van der Waals surface area contributed by atoms with E-state index in [9.17, 15) is 39.8 Å². The fraction of sp³-hybridized carbons (Fsp3) is 0.286. The molecule has 4 aliphatic rings. The van der Waals surface area contributed by atoms with Gasteiger partial charge in [0.2, 0.25) is 0 Å². The molecule has 2 unspecified atom stereocenters. The fourth-order valence-corrected chi connectivity index (χ4v) is 6.68. The van der Waals surface area contributed by atoms with Crippen LogP contribution < -0.4 is 26.2 Å². The molecule has 246 valence electrons. The zero-order chi connectivity index (χ0) is 32.5. The molecule has 3 aromatic rings. The normalized spacial score (nSPS) is 29.5. The molecular weight excluding hydrogens is 662 g/mol. The van der Waals surface area contributed by atoms with Crippen LogP contribution in [-0.2, 0) is 29.7 Å². The first-order valence-electron chi connectivity index (χ1n) is 13.0. The van der Waals surface area contributed by atoms with Crippen LogP contribution in [0.4, 0.5) is 0 Å². The van der Waals surface area contributed by atoms with Crippen molar-refractivity contribution in [3.63, 3.8) is 0 Å². The van der Waals surface area contributed by atoms with Crippen molar-refractivity contribution in [3.05, 3.63) is 47.8 Å². The molecule has 0 radical (unpaired) electrons. The minimum atomic E-state index is -5.33. The molecule has 11 N–H and O–H groups in total. The van der Waals surface area contributed by atoms with Crippen LogP contribution in [-0.4, -0.2) is 91.4 Å². The van der Waals surface area contributed by atoms with E-state index < -0.39 is 88.1 Å². The maximum absolute atomic E-state index is 12.4. The van der Waals surface area contributed by atoms with E-state index in [1.54, 1.807) is 0 Å². The Labute approximate surface area is 256 Å². The predicted octanol–water partition coefficient (Wildman–Crippen LogP) is -3.36. The second kappa shape index (κ2) is 10.8. The quantitative estimate of drug-likeness (QED) is 0.118. The molecule has 0 aliphatic carbocycles. The first-order valence-corrected chi connectivity index (χ1v) is 16.4. The SMILES string of the molecule is N#Cc1ncnc2c1ncn2-c1oc2c(c1O)O[PH](O)(O)O/C=C1/OC(N3CN[C@H]4C(=O)NC(N)NC43)=C(O[PH](O)(O)OC2)[C@@H]1O. The number of ether oxygens (including phenoxy) is 1. The third kappa shape index (κ3) is 5.09. The van der Waals surface area contributed by atoms with Gasteiger partial charge in [-0.25, -0.2) is 0 Å². The van der Waals surface area contributed by atoms with E-state index >= 15 is 0 Å². The van der Waals surface area contributed by atoms with Crippen molar-refractivity contribution < 1.29 is 61.8 Å². The van der Waals surface area contributed by atoms with Gasteiger partial charge in [-0.05, 0) is 0 Å². The Hall–Kier alpha value is -4.43. The van der Waals surface area contributed by atoms with Crippen LogP contribution in [0.2, 0.25) is 0 Å². The maximum atomic E-state index is 12.4. The number of aromatic nitrogens is 4. The Kier molecular flexibility index (Phi) is 7.12. The van der Waals surface area contributed by atoms with E-state index in [1.165, 1.54) is 4.90 Å². The Morgan fingerprint density at radius 2 is 1.96 bits per heavy atom. The summed E-state index contributed by atoms with van der Waals surface area (Å²) in [5.41, 5.74) is 5.80. The molecule has 0 spiro atoms. The van der Waals surface area contributed by atoms with Gasteiger partial charge < -0.3 is 0 Å². The number of aliphatic hydroxyl groups excluding tert-OH is 1. The number of hydrogen-bond acceptors (Lipinski definition) is 21. The summed E-state index contributed by atoms with van der Waals surface area (Å²) in [6.07, 6.45) is -0.978. The number of aliphatic hydroxyl groups is 1. The second-order valence-electron chi connectivity index (χ2n) is 9.94. The summed E-state index contributed by atoms with van der Waals surface area (Å²) in [7, 11) is -10.6. The summed E-state index contributed by atoms with van der Waals surface area (Å²) >= 11 is 0. The Bertz CT molecular complexity index is 1850. The van der Waals surface area contributed by atoms with Crippen LogP contribution >= 0.6 is 16.3 Å². The van der Waals surface area contributed by atoms with Gasteiger partial charge in [-0.3, -0.25) is 0 Å². The van der Waals surface area contributed by atoms with Crippen molar-refractivity contribution in [2.45, 2.75) is 31.2 Å². The van der Waals surface area contributed by atoms with Gasteiger partial charge in [-0.2, -0.15) is 0 Å².